The maximum atomic E-state index is 5.48. The molecule has 2 nitrogen and oxygen atoms in total. The predicted octanol–water partition coefficient (Wildman–Crippen LogP) is 3.68. The predicted molar refractivity (Wildman–Crippen MR) is 129 cm³/mol. The van der Waals surface area contributed by atoms with Crippen LogP contribution < -0.4 is 4.90 Å². The lowest BCUT2D eigenvalue weighted by Crippen LogP contribution is -2.35. The lowest BCUT2D eigenvalue weighted by atomic mass is 10.2. The molecule has 0 bridgehead atoms. The van der Waals surface area contributed by atoms with Crippen molar-refractivity contribution in [2.24, 2.45) is 4.99 Å². The highest BCUT2D eigenvalue weighted by molar-refractivity contribution is 8.95. The summed E-state index contributed by atoms with van der Waals surface area (Å²) in [6.07, 6.45) is -1.36. The summed E-state index contributed by atoms with van der Waals surface area (Å²) in [4.78, 5) is 6.69. The summed E-state index contributed by atoms with van der Waals surface area (Å²) in [5, 5.41) is 0.975. The summed E-state index contributed by atoms with van der Waals surface area (Å²) < 4.78 is -0.525. The van der Waals surface area contributed by atoms with Crippen LogP contribution in [0.1, 0.15) is 13.3 Å². The van der Waals surface area contributed by atoms with Crippen molar-refractivity contribution in [3.8, 4) is 0 Å². The van der Waals surface area contributed by atoms with Gasteiger partial charge >= 0.3 is 0 Å². The van der Waals surface area contributed by atoms with Crippen molar-refractivity contribution in [3.63, 3.8) is 0 Å². The van der Waals surface area contributed by atoms with Crippen molar-refractivity contribution in [1.29, 1.82) is 0 Å². The van der Waals surface area contributed by atoms with Gasteiger partial charge in [0, 0.05) is 18.4 Å². The molecule has 0 saturated carbocycles. The highest BCUT2D eigenvalue weighted by Crippen LogP contribution is 2.40. The summed E-state index contributed by atoms with van der Waals surface area (Å²) in [7, 11) is 1.24. The molecule has 1 aromatic carbocycles. The Balaban J connectivity index is 2.21. The summed E-state index contributed by atoms with van der Waals surface area (Å²) in [6, 6.07) is 10.1. The molecule has 0 radical (unpaired) electrons. The van der Waals surface area contributed by atoms with Crippen molar-refractivity contribution < 1.29 is 0 Å². The Morgan fingerprint density at radius 2 is 1.96 bits per heavy atom. The largest absolute Gasteiger partial charge is 0.331 e. The van der Waals surface area contributed by atoms with E-state index in [0.717, 1.165) is 16.6 Å². The van der Waals surface area contributed by atoms with E-state index in [1.165, 1.54) is 0 Å². The van der Waals surface area contributed by atoms with Gasteiger partial charge in [0.15, 0.2) is 5.17 Å². The van der Waals surface area contributed by atoms with E-state index in [1.54, 1.807) is 11.8 Å². The third-order valence-corrected chi connectivity index (χ3v) is 15.7. The lowest BCUT2D eigenvalue weighted by Gasteiger charge is -2.39. The average molecular weight is 470 g/mol. The Bertz CT molecular complexity index is 833. The molecule has 1 aromatic rings. The summed E-state index contributed by atoms with van der Waals surface area (Å²) in [5.41, 5.74) is 1.88. The maximum absolute atomic E-state index is 5.48. The number of thiol groups is 1. The molecule has 24 heavy (non-hydrogen) atoms. The molecule has 0 aliphatic carbocycles. The second-order valence-electron chi connectivity index (χ2n) is 5.43. The van der Waals surface area contributed by atoms with Crippen LogP contribution in [0.5, 0.6) is 0 Å². The molecule has 0 fully saturated rings. The molecule has 10 heteroatoms. The van der Waals surface area contributed by atoms with Crippen LogP contribution in [0.3, 0.4) is 0 Å². The number of amidine groups is 1. The molecule has 2 atom stereocenters. The Labute approximate surface area is 174 Å². The van der Waals surface area contributed by atoms with Gasteiger partial charge in [0.05, 0.1) is 5.25 Å². The Hall–Kier alpha value is 0.710. The molecule has 132 valence electrons. The van der Waals surface area contributed by atoms with Crippen LogP contribution in [0, 0.1) is 0 Å². The minimum atomic E-state index is -2.02. The molecule has 1 heterocycles. The van der Waals surface area contributed by atoms with Crippen LogP contribution in [-0.4, -0.2) is 21.5 Å². The Morgan fingerprint density at radius 3 is 2.46 bits per heavy atom. The second kappa shape index (κ2) is 8.16. The van der Waals surface area contributed by atoms with Crippen LogP contribution in [-0.2, 0) is 58.9 Å². The quantitative estimate of drug-likeness (QED) is 0.399. The first-order valence-corrected chi connectivity index (χ1v) is 15.3. The van der Waals surface area contributed by atoms with E-state index < -0.39 is 18.3 Å². The number of benzene rings is 1. The molecule has 0 saturated heterocycles. The number of thioether (sulfide) groups is 1. The highest BCUT2D eigenvalue weighted by Gasteiger charge is 2.33. The van der Waals surface area contributed by atoms with Gasteiger partial charge in [0.2, 0.25) is 0 Å². The topological polar surface area (TPSA) is 15.6 Å². The van der Waals surface area contributed by atoms with Crippen molar-refractivity contribution in [2.75, 3.05) is 11.9 Å². The van der Waals surface area contributed by atoms with Gasteiger partial charge in [0.1, 0.15) is 0 Å². The fourth-order valence-corrected chi connectivity index (χ4v) is 12.2. The van der Waals surface area contributed by atoms with Gasteiger partial charge in [-0.3, -0.25) is 22.4 Å². The van der Waals surface area contributed by atoms with Crippen molar-refractivity contribution in [3.05, 3.63) is 42.6 Å². The maximum Gasteiger partial charge on any atom is 0.168 e. The monoisotopic (exact) mass is 469 g/mol. The number of rotatable bonds is 5. The molecule has 0 aromatic heterocycles. The van der Waals surface area contributed by atoms with E-state index in [-0.39, 0.29) is 5.25 Å². The van der Waals surface area contributed by atoms with Crippen LogP contribution in [0.4, 0.5) is 5.69 Å². The molecule has 1 aliphatic heterocycles. The van der Waals surface area contributed by atoms with E-state index in [0.29, 0.717) is 6.42 Å². The van der Waals surface area contributed by atoms with Gasteiger partial charge in [-0.15, -0.1) is 11.7 Å². The van der Waals surface area contributed by atoms with E-state index in [1.807, 2.05) is 44.3 Å². The van der Waals surface area contributed by atoms with Gasteiger partial charge in [0.25, 0.3) is 0 Å². The zero-order chi connectivity index (χ0) is 18.1. The molecule has 2 rings (SSSR count). The number of nitrogens with zero attached hydrogens (tertiary/aromatic N) is 2. The van der Waals surface area contributed by atoms with Crippen LogP contribution in [0.2, 0.25) is 0 Å². The summed E-state index contributed by atoms with van der Waals surface area (Å²) in [5.74, 6) is 0. The fourth-order valence-electron chi connectivity index (χ4n) is 2.09. The third-order valence-electron chi connectivity index (χ3n) is 3.74. The van der Waals surface area contributed by atoms with E-state index in [4.69, 9.17) is 44.8 Å². The zero-order valence-corrected chi connectivity index (χ0v) is 19.7. The first-order chi connectivity index (χ1) is 11.1. The number of hydrogen-bond donors (Lipinski definition) is 1. The van der Waals surface area contributed by atoms with Crippen LogP contribution >= 0.6 is 23.4 Å². The SMILES string of the molecule is C=C1N=C(N(C)c2ccccc2)S[C@H]1CC(C)([S-](=S)=S)S(=S)(=S)S. The standard InChI is InChI=1S/C14H17N2S8/c1-10-12(9-14(2,23(17)18)24(19,20)21)22-13(15-10)16(3)11-7-5-4-6-8-11/h4-8,12H,1,9H2,2-3H3,(H,19,20,21)/q-1/t12-,14?/m0/s1. The van der Waals surface area contributed by atoms with Gasteiger partial charge in [-0.1, -0.05) is 49.6 Å². The third kappa shape index (κ3) is 4.51. The summed E-state index contributed by atoms with van der Waals surface area (Å²) in [6.45, 7) is 6.08. The molecular weight excluding hydrogens is 453 g/mol. The number of hydrogen-bond acceptors (Lipinski definition) is 8. The van der Waals surface area contributed by atoms with Crippen LogP contribution in [0.15, 0.2) is 47.6 Å². The molecule has 1 aliphatic rings. The van der Waals surface area contributed by atoms with Gasteiger partial charge in [-0.25, -0.2) is 4.99 Å². The fraction of sp³-hybridized carbons (Fsp3) is 0.357. The minimum Gasteiger partial charge on any atom is -0.331 e. The Morgan fingerprint density at radius 1 is 1.38 bits per heavy atom. The molecule has 0 N–H and O–H groups in total. The number of para-hydroxylation sites is 1. The van der Waals surface area contributed by atoms with E-state index >= 15 is 0 Å². The van der Waals surface area contributed by atoms with Crippen molar-refractivity contribution in [1.82, 2.24) is 0 Å². The molecule has 0 spiro atoms. The smallest absolute Gasteiger partial charge is 0.168 e. The molecule has 1 unspecified atom stereocenters. The average Bonchev–Trinajstić information content (AvgIpc) is 2.87. The Kier molecular flexibility index (Phi) is 7.15. The number of aliphatic imine (C=N–C) groups is 1. The minimum absolute atomic E-state index is 0.0713. The normalized spacial score (nSPS) is 20.8. The zero-order valence-electron chi connectivity index (χ0n) is 13.1. The number of anilines is 1. The summed E-state index contributed by atoms with van der Waals surface area (Å²) >= 11 is 27.9. The van der Waals surface area contributed by atoms with E-state index in [2.05, 4.69) is 28.1 Å². The molecule has 0 amide bonds. The van der Waals surface area contributed by atoms with Gasteiger partial charge in [-0.05, 0) is 45.0 Å². The van der Waals surface area contributed by atoms with Crippen LogP contribution in [0.25, 0.3) is 0 Å². The lowest BCUT2D eigenvalue weighted by molar-refractivity contribution is 0.781. The van der Waals surface area contributed by atoms with Gasteiger partial charge < -0.3 is 12.9 Å². The van der Waals surface area contributed by atoms with Crippen molar-refractivity contribution in [2.45, 2.75) is 22.7 Å². The molecular formula is C14H17N2S8-. The highest BCUT2D eigenvalue weighted by atomic mass is 33.5. The van der Waals surface area contributed by atoms with Gasteiger partial charge in [-0.2, -0.15) is 0 Å². The van der Waals surface area contributed by atoms with Crippen molar-refractivity contribution >= 4 is 93.2 Å². The first-order valence-electron chi connectivity index (χ1n) is 6.85. The second-order valence-corrected chi connectivity index (χ2v) is 19.5. The van der Waals surface area contributed by atoms with E-state index in [9.17, 15) is 0 Å². The first kappa shape index (κ1) is 21.0.